The van der Waals surface area contributed by atoms with Crippen LogP contribution in [0.5, 0.6) is 11.6 Å². The predicted molar refractivity (Wildman–Crippen MR) is 86.0 cm³/mol. The van der Waals surface area contributed by atoms with Gasteiger partial charge in [0.15, 0.2) is 0 Å². The first-order valence-electron chi connectivity index (χ1n) is 7.28. The summed E-state index contributed by atoms with van der Waals surface area (Å²) in [6.45, 7) is 0.462. The molecule has 2 heterocycles. The van der Waals surface area contributed by atoms with Crippen molar-refractivity contribution < 1.29 is 19.1 Å². The highest BCUT2D eigenvalue weighted by molar-refractivity contribution is 7.13. The Kier molecular flexibility index (Phi) is 4.33. The Labute approximate surface area is 136 Å². The van der Waals surface area contributed by atoms with Crippen LogP contribution < -0.4 is 20.5 Å². The molecule has 7 nitrogen and oxygen atoms in total. The Hall–Kier alpha value is -2.35. The molecule has 2 amide bonds. The number of rotatable bonds is 6. The van der Waals surface area contributed by atoms with Crippen molar-refractivity contribution in [2.75, 3.05) is 13.7 Å². The Balaban J connectivity index is 1.74. The van der Waals surface area contributed by atoms with Crippen LogP contribution in [0.2, 0.25) is 0 Å². The summed E-state index contributed by atoms with van der Waals surface area (Å²) >= 11 is 1.24. The Bertz CT molecular complexity index is 759. The molecule has 1 aliphatic heterocycles. The van der Waals surface area contributed by atoms with Gasteiger partial charge in [0.2, 0.25) is 11.8 Å². The third-order valence-corrected chi connectivity index (χ3v) is 4.61. The predicted octanol–water partition coefficient (Wildman–Crippen LogP) is 1.45. The smallest absolute Gasteiger partial charge is 0.252 e. The van der Waals surface area contributed by atoms with Gasteiger partial charge in [0.25, 0.3) is 5.91 Å². The average molecular weight is 335 g/mol. The van der Waals surface area contributed by atoms with E-state index in [2.05, 4.69) is 9.69 Å². The first-order valence-corrected chi connectivity index (χ1v) is 8.05. The van der Waals surface area contributed by atoms with Crippen LogP contribution in [0, 0.1) is 0 Å². The lowest BCUT2D eigenvalue weighted by Crippen LogP contribution is -2.26. The van der Waals surface area contributed by atoms with E-state index >= 15 is 0 Å². The van der Waals surface area contributed by atoms with E-state index in [0.717, 1.165) is 22.9 Å². The molecule has 0 spiro atoms. The van der Waals surface area contributed by atoms with Crippen molar-refractivity contribution in [3.05, 3.63) is 17.7 Å². The zero-order valence-corrected chi connectivity index (χ0v) is 13.4. The zero-order valence-electron chi connectivity index (χ0n) is 12.6. The molecule has 1 aromatic heterocycles. The highest BCUT2D eigenvalue weighted by Crippen LogP contribution is 2.34. The SMILES string of the molecule is COc1cc2c(OCC[C@@H]3CCC(=O)N3)nsc2cc1C(N)=O. The van der Waals surface area contributed by atoms with Gasteiger partial charge in [-0.15, -0.1) is 0 Å². The van der Waals surface area contributed by atoms with Crippen LogP contribution in [-0.2, 0) is 4.79 Å². The zero-order chi connectivity index (χ0) is 16.4. The van der Waals surface area contributed by atoms with Crippen LogP contribution in [0.15, 0.2) is 12.1 Å². The van der Waals surface area contributed by atoms with Crippen molar-refractivity contribution in [2.24, 2.45) is 5.73 Å². The summed E-state index contributed by atoms with van der Waals surface area (Å²) in [5, 5.41) is 3.69. The lowest BCUT2D eigenvalue weighted by Gasteiger charge is -2.10. The number of carbonyl (C=O) groups is 2. The maximum absolute atomic E-state index is 11.4. The highest BCUT2D eigenvalue weighted by Gasteiger charge is 2.21. The Morgan fingerprint density at radius 1 is 1.52 bits per heavy atom. The molecule has 0 radical (unpaired) electrons. The molecule has 122 valence electrons. The van der Waals surface area contributed by atoms with Crippen molar-refractivity contribution in [1.82, 2.24) is 9.69 Å². The third-order valence-electron chi connectivity index (χ3n) is 3.81. The summed E-state index contributed by atoms with van der Waals surface area (Å²) in [6, 6.07) is 3.55. The number of nitrogens with zero attached hydrogens (tertiary/aromatic N) is 1. The first kappa shape index (κ1) is 15.5. The van der Waals surface area contributed by atoms with Gasteiger partial charge >= 0.3 is 0 Å². The molecule has 0 aliphatic carbocycles. The van der Waals surface area contributed by atoms with E-state index in [9.17, 15) is 9.59 Å². The van der Waals surface area contributed by atoms with E-state index < -0.39 is 5.91 Å². The van der Waals surface area contributed by atoms with Crippen LogP contribution in [0.1, 0.15) is 29.6 Å². The fraction of sp³-hybridized carbons (Fsp3) is 0.400. The number of amides is 2. The van der Waals surface area contributed by atoms with Gasteiger partial charge in [-0.1, -0.05) is 0 Å². The van der Waals surface area contributed by atoms with Gasteiger partial charge in [0, 0.05) is 18.9 Å². The Morgan fingerprint density at radius 2 is 2.35 bits per heavy atom. The van der Waals surface area contributed by atoms with Crippen LogP contribution >= 0.6 is 11.5 Å². The van der Waals surface area contributed by atoms with Gasteiger partial charge in [-0.3, -0.25) is 9.59 Å². The van der Waals surface area contributed by atoms with Crippen LogP contribution in [0.3, 0.4) is 0 Å². The van der Waals surface area contributed by atoms with E-state index in [1.165, 1.54) is 18.6 Å². The van der Waals surface area contributed by atoms with E-state index in [0.29, 0.717) is 30.2 Å². The topological polar surface area (TPSA) is 104 Å². The number of methoxy groups -OCH3 is 1. The minimum absolute atomic E-state index is 0.0952. The summed E-state index contributed by atoms with van der Waals surface area (Å²) < 4.78 is 16.0. The van der Waals surface area contributed by atoms with Gasteiger partial charge < -0.3 is 20.5 Å². The number of nitrogens with one attached hydrogen (secondary N) is 1. The fourth-order valence-corrected chi connectivity index (χ4v) is 3.35. The molecule has 1 saturated heterocycles. The van der Waals surface area contributed by atoms with E-state index in [1.807, 2.05) is 0 Å². The molecule has 0 unspecified atom stereocenters. The van der Waals surface area contributed by atoms with Crippen molar-refractivity contribution in [3.63, 3.8) is 0 Å². The normalized spacial score (nSPS) is 17.3. The molecule has 8 heteroatoms. The minimum atomic E-state index is -0.545. The van der Waals surface area contributed by atoms with Gasteiger partial charge in [-0.2, -0.15) is 4.37 Å². The highest BCUT2D eigenvalue weighted by atomic mass is 32.1. The average Bonchev–Trinajstić information content (AvgIpc) is 3.12. The van der Waals surface area contributed by atoms with Crippen LogP contribution in [-0.4, -0.2) is 35.9 Å². The van der Waals surface area contributed by atoms with Crippen molar-refractivity contribution >= 4 is 33.4 Å². The fourth-order valence-electron chi connectivity index (χ4n) is 2.60. The van der Waals surface area contributed by atoms with E-state index in [4.69, 9.17) is 15.2 Å². The number of carbonyl (C=O) groups excluding carboxylic acids is 2. The van der Waals surface area contributed by atoms with Crippen molar-refractivity contribution in [2.45, 2.75) is 25.3 Å². The molecular weight excluding hydrogens is 318 g/mol. The molecule has 1 aliphatic rings. The molecule has 0 saturated carbocycles. The number of hydrogen-bond acceptors (Lipinski definition) is 6. The maximum atomic E-state index is 11.4. The molecule has 1 atom stereocenters. The summed E-state index contributed by atoms with van der Waals surface area (Å²) in [6.07, 6.45) is 2.16. The molecule has 1 aromatic carbocycles. The number of aromatic nitrogens is 1. The molecule has 1 fully saturated rings. The molecule has 0 bridgehead atoms. The Morgan fingerprint density at radius 3 is 3.00 bits per heavy atom. The van der Waals surface area contributed by atoms with Gasteiger partial charge in [-0.05, 0) is 30.1 Å². The lowest BCUT2D eigenvalue weighted by molar-refractivity contribution is -0.119. The molecule has 2 aromatic rings. The lowest BCUT2D eigenvalue weighted by atomic mass is 10.1. The van der Waals surface area contributed by atoms with Crippen molar-refractivity contribution in [3.8, 4) is 11.6 Å². The molecular formula is C15H17N3O4S. The minimum Gasteiger partial charge on any atom is -0.496 e. The summed E-state index contributed by atoms with van der Waals surface area (Å²) in [7, 11) is 1.48. The molecule has 23 heavy (non-hydrogen) atoms. The second kappa shape index (κ2) is 6.41. The number of hydrogen-bond donors (Lipinski definition) is 2. The van der Waals surface area contributed by atoms with Crippen molar-refractivity contribution in [1.29, 1.82) is 0 Å². The third kappa shape index (κ3) is 3.21. The summed E-state index contributed by atoms with van der Waals surface area (Å²) in [5.74, 6) is 0.455. The molecule has 3 rings (SSSR count). The maximum Gasteiger partial charge on any atom is 0.252 e. The van der Waals surface area contributed by atoms with E-state index in [-0.39, 0.29) is 11.9 Å². The number of benzene rings is 1. The summed E-state index contributed by atoms with van der Waals surface area (Å²) in [5.41, 5.74) is 5.67. The van der Waals surface area contributed by atoms with Crippen LogP contribution in [0.25, 0.3) is 10.1 Å². The van der Waals surface area contributed by atoms with E-state index in [1.54, 1.807) is 12.1 Å². The second-order valence-corrected chi connectivity index (χ2v) is 6.15. The number of nitrogens with two attached hydrogens (primary N) is 1. The number of ether oxygens (including phenoxy) is 2. The first-order chi connectivity index (χ1) is 11.1. The number of fused-ring (bicyclic) bond motifs is 1. The quantitative estimate of drug-likeness (QED) is 0.831. The number of primary amides is 1. The van der Waals surface area contributed by atoms with Crippen LogP contribution in [0.4, 0.5) is 0 Å². The standard InChI is InChI=1S/C15H17N3O4S/c1-21-11-6-10-12(7-9(11)14(16)20)23-18-15(10)22-5-4-8-2-3-13(19)17-8/h6-8H,2-5H2,1H3,(H2,16,20)(H,17,19)/t8-/m0/s1. The summed E-state index contributed by atoms with van der Waals surface area (Å²) in [4.78, 5) is 22.6. The molecule has 3 N–H and O–H groups in total. The second-order valence-electron chi connectivity index (χ2n) is 5.34. The largest absolute Gasteiger partial charge is 0.496 e. The van der Waals surface area contributed by atoms with Gasteiger partial charge in [-0.25, -0.2) is 0 Å². The van der Waals surface area contributed by atoms with Gasteiger partial charge in [0.1, 0.15) is 5.75 Å². The van der Waals surface area contributed by atoms with Gasteiger partial charge in [0.05, 0.1) is 29.4 Å². The monoisotopic (exact) mass is 335 g/mol.